The van der Waals surface area contributed by atoms with Gasteiger partial charge in [0.1, 0.15) is 5.82 Å². The molecule has 0 fully saturated rings. The van der Waals surface area contributed by atoms with Gasteiger partial charge in [-0.3, -0.25) is 4.98 Å². The molecule has 2 rings (SSSR count). The van der Waals surface area contributed by atoms with E-state index in [1.165, 1.54) is 0 Å². The van der Waals surface area contributed by atoms with Crippen molar-refractivity contribution in [3.8, 4) is 11.4 Å². The lowest BCUT2D eigenvalue weighted by Crippen LogP contribution is -2.17. The lowest BCUT2D eigenvalue weighted by atomic mass is 9.92. The molecule has 6 heteroatoms. The van der Waals surface area contributed by atoms with Crippen molar-refractivity contribution in [2.45, 2.75) is 26.2 Å². The van der Waals surface area contributed by atoms with Crippen LogP contribution in [0.25, 0.3) is 11.4 Å². The van der Waals surface area contributed by atoms with Gasteiger partial charge in [-0.05, 0) is 22.0 Å². The molecule has 2 aromatic rings. The van der Waals surface area contributed by atoms with Gasteiger partial charge in [-0.1, -0.05) is 20.8 Å². The maximum absolute atomic E-state index is 5.47. The summed E-state index contributed by atoms with van der Waals surface area (Å²) in [7, 11) is 0. The van der Waals surface area contributed by atoms with E-state index >= 15 is 0 Å². The SMILES string of the molecule is CC(C)(C)c1cc(NN)nc(-c2cncc(Br)c2)n1. The number of hydrogen-bond acceptors (Lipinski definition) is 5. The first-order chi connectivity index (χ1) is 8.90. The number of hydrazine groups is 1. The zero-order valence-corrected chi connectivity index (χ0v) is 12.7. The number of rotatable bonds is 2. The van der Waals surface area contributed by atoms with Crippen molar-refractivity contribution in [3.05, 3.63) is 34.7 Å². The Morgan fingerprint density at radius 1 is 1.16 bits per heavy atom. The predicted octanol–water partition coefficient (Wildman–Crippen LogP) is 2.88. The summed E-state index contributed by atoms with van der Waals surface area (Å²) in [5.41, 5.74) is 4.27. The Hall–Kier alpha value is -1.53. The first-order valence-electron chi connectivity index (χ1n) is 5.87. The number of nitrogens with zero attached hydrogens (tertiary/aromatic N) is 3. The van der Waals surface area contributed by atoms with Crippen molar-refractivity contribution in [2.24, 2.45) is 5.84 Å². The lowest BCUT2D eigenvalue weighted by molar-refractivity contribution is 0.568. The second kappa shape index (κ2) is 5.22. The first-order valence-corrected chi connectivity index (χ1v) is 6.66. The molecule has 0 bridgehead atoms. The van der Waals surface area contributed by atoms with Crippen molar-refractivity contribution in [1.29, 1.82) is 0 Å². The van der Waals surface area contributed by atoms with Crippen LogP contribution in [0.2, 0.25) is 0 Å². The van der Waals surface area contributed by atoms with Crippen molar-refractivity contribution >= 4 is 21.7 Å². The van der Waals surface area contributed by atoms with Crippen LogP contribution in [0.5, 0.6) is 0 Å². The van der Waals surface area contributed by atoms with Gasteiger partial charge in [0, 0.05) is 33.9 Å². The molecule has 0 saturated carbocycles. The summed E-state index contributed by atoms with van der Waals surface area (Å²) >= 11 is 3.39. The molecule has 0 spiro atoms. The Labute approximate surface area is 120 Å². The standard InChI is InChI=1S/C13H16BrN5/c1-13(2,3)10-5-11(19-15)18-12(17-10)8-4-9(14)7-16-6-8/h4-7H,15H2,1-3H3,(H,17,18,19). The molecular formula is C13H16BrN5. The zero-order valence-electron chi connectivity index (χ0n) is 11.1. The molecule has 0 atom stereocenters. The number of hydrogen-bond donors (Lipinski definition) is 2. The van der Waals surface area contributed by atoms with Crippen LogP contribution in [0, 0.1) is 0 Å². The fourth-order valence-corrected chi connectivity index (χ4v) is 1.93. The van der Waals surface area contributed by atoms with Gasteiger partial charge in [0.05, 0.1) is 5.69 Å². The van der Waals surface area contributed by atoms with E-state index in [2.05, 4.69) is 57.1 Å². The average molecular weight is 322 g/mol. The molecule has 3 N–H and O–H groups in total. The molecule has 0 saturated heterocycles. The number of nitrogen functional groups attached to an aromatic ring is 1. The van der Waals surface area contributed by atoms with Gasteiger partial charge >= 0.3 is 0 Å². The van der Waals surface area contributed by atoms with E-state index < -0.39 is 0 Å². The molecule has 19 heavy (non-hydrogen) atoms. The third kappa shape index (κ3) is 3.27. The maximum atomic E-state index is 5.47. The first kappa shape index (κ1) is 13.9. The Kier molecular flexibility index (Phi) is 3.82. The Morgan fingerprint density at radius 3 is 2.47 bits per heavy atom. The van der Waals surface area contributed by atoms with E-state index in [9.17, 15) is 0 Å². The molecule has 5 nitrogen and oxygen atoms in total. The normalized spacial score (nSPS) is 11.4. The summed E-state index contributed by atoms with van der Waals surface area (Å²) < 4.78 is 0.886. The Morgan fingerprint density at radius 2 is 1.89 bits per heavy atom. The van der Waals surface area contributed by atoms with Gasteiger partial charge in [0.15, 0.2) is 5.82 Å². The van der Waals surface area contributed by atoms with Gasteiger partial charge in [0.25, 0.3) is 0 Å². The van der Waals surface area contributed by atoms with Gasteiger partial charge < -0.3 is 5.43 Å². The molecule has 0 aromatic carbocycles. The van der Waals surface area contributed by atoms with Gasteiger partial charge in [-0.25, -0.2) is 15.8 Å². The summed E-state index contributed by atoms with van der Waals surface area (Å²) in [6.45, 7) is 6.29. The van der Waals surface area contributed by atoms with E-state index in [1.54, 1.807) is 12.4 Å². The molecule has 0 unspecified atom stereocenters. The average Bonchev–Trinajstić information content (AvgIpc) is 2.37. The topological polar surface area (TPSA) is 76.7 Å². The van der Waals surface area contributed by atoms with E-state index in [0.717, 1.165) is 15.7 Å². The Balaban J connectivity index is 2.57. The third-order valence-corrected chi connectivity index (χ3v) is 3.04. The van der Waals surface area contributed by atoms with Crippen molar-refractivity contribution in [1.82, 2.24) is 15.0 Å². The van der Waals surface area contributed by atoms with Crippen LogP contribution in [-0.2, 0) is 5.41 Å². The molecule has 100 valence electrons. The van der Waals surface area contributed by atoms with E-state index in [1.807, 2.05) is 12.1 Å². The van der Waals surface area contributed by atoms with Crippen LogP contribution in [0.3, 0.4) is 0 Å². The van der Waals surface area contributed by atoms with E-state index in [0.29, 0.717) is 11.6 Å². The van der Waals surface area contributed by atoms with Crippen LogP contribution < -0.4 is 11.3 Å². The van der Waals surface area contributed by atoms with Crippen LogP contribution in [0.15, 0.2) is 29.0 Å². The zero-order chi connectivity index (χ0) is 14.0. The molecule has 2 heterocycles. The van der Waals surface area contributed by atoms with Gasteiger partial charge in [-0.15, -0.1) is 0 Å². The highest BCUT2D eigenvalue weighted by Gasteiger charge is 2.18. The van der Waals surface area contributed by atoms with E-state index in [4.69, 9.17) is 5.84 Å². The molecule has 0 aliphatic heterocycles. The molecular weight excluding hydrogens is 306 g/mol. The number of nitrogens with one attached hydrogen (secondary N) is 1. The van der Waals surface area contributed by atoms with Crippen molar-refractivity contribution in [3.63, 3.8) is 0 Å². The van der Waals surface area contributed by atoms with Crippen molar-refractivity contribution in [2.75, 3.05) is 5.43 Å². The van der Waals surface area contributed by atoms with E-state index in [-0.39, 0.29) is 5.41 Å². The number of pyridine rings is 1. The monoisotopic (exact) mass is 321 g/mol. The minimum Gasteiger partial charge on any atom is -0.308 e. The van der Waals surface area contributed by atoms with Crippen LogP contribution in [0.4, 0.5) is 5.82 Å². The number of anilines is 1. The number of aromatic nitrogens is 3. The minimum absolute atomic E-state index is 0.0806. The third-order valence-electron chi connectivity index (χ3n) is 2.61. The smallest absolute Gasteiger partial charge is 0.163 e. The number of halogens is 1. The highest BCUT2D eigenvalue weighted by atomic mass is 79.9. The van der Waals surface area contributed by atoms with Gasteiger partial charge in [-0.2, -0.15) is 0 Å². The fraction of sp³-hybridized carbons (Fsp3) is 0.308. The molecule has 0 aliphatic rings. The number of nitrogens with two attached hydrogens (primary N) is 1. The molecule has 2 aromatic heterocycles. The summed E-state index contributed by atoms with van der Waals surface area (Å²) in [5.74, 6) is 6.67. The quantitative estimate of drug-likeness (QED) is 0.657. The van der Waals surface area contributed by atoms with Crippen LogP contribution in [-0.4, -0.2) is 15.0 Å². The molecule has 0 radical (unpaired) electrons. The highest BCUT2D eigenvalue weighted by molar-refractivity contribution is 9.10. The minimum atomic E-state index is -0.0806. The fourth-order valence-electron chi connectivity index (χ4n) is 1.57. The van der Waals surface area contributed by atoms with Crippen molar-refractivity contribution < 1.29 is 0 Å². The predicted molar refractivity (Wildman–Crippen MR) is 79.5 cm³/mol. The second-order valence-corrected chi connectivity index (χ2v) is 6.16. The highest BCUT2D eigenvalue weighted by Crippen LogP contribution is 2.26. The lowest BCUT2D eigenvalue weighted by Gasteiger charge is -2.19. The molecule has 0 amide bonds. The summed E-state index contributed by atoms with van der Waals surface area (Å²) in [6.07, 6.45) is 3.45. The van der Waals surface area contributed by atoms with Crippen LogP contribution in [0.1, 0.15) is 26.5 Å². The summed E-state index contributed by atoms with van der Waals surface area (Å²) in [5, 5.41) is 0. The van der Waals surface area contributed by atoms with Gasteiger partial charge in [0.2, 0.25) is 0 Å². The second-order valence-electron chi connectivity index (χ2n) is 5.25. The Bertz CT molecular complexity index is 592. The largest absolute Gasteiger partial charge is 0.308 e. The maximum Gasteiger partial charge on any atom is 0.163 e. The van der Waals surface area contributed by atoms with Crippen LogP contribution >= 0.6 is 15.9 Å². The summed E-state index contributed by atoms with van der Waals surface area (Å²) in [6, 6.07) is 3.78. The molecule has 0 aliphatic carbocycles. The summed E-state index contributed by atoms with van der Waals surface area (Å²) in [4.78, 5) is 13.1.